The van der Waals surface area contributed by atoms with E-state index >= 15 is 0 Å². The number of H-pyrrole nitrogens is 1. The molecule has 2 aromatic rings. The fourth-order valence-corrected chi connectivity index (χ4v) is 5.67. The van der Waals surface area contributed by atoms with Crippen molar-refractivity contribution in [2.24, 2.45) is 5.92 Å². The molecule has 0 bridgehead atoms. The van der Waals surface area contributed by atoms with E-state index in [-0.39, 0.29) is 23.1 Å². The van der Waals surface area contributed by atoms with Gasteiger partial charge >= 0.3 is 5.97 Å². The molecule has 1 fully saturated rings. The Labute approximate surface area is 198 Å². The third kappa shape index (κ3) is 5.26. The predicted octanol–water partition coefficient (Wildman–Crippen LogP) is 6.91. The molecule has 1 N–H and O–H groups in total. The van der Waals surface area contributed by atoms with Gasteiger partial charge in [-0.2, -0.15) is 0 Å². The highest BCUT2D eigenvalue weighted by Crippen LogP contribution is 2.38. The lowest BCUT2D eigenvalue weighted by Crippen LogP contribution is -2.20. The van der Waals surface area contributed by atoms with Crippen LogP contribution in [0.4, 0.5) is 0 Å². The van der Waals surface area contributed by atoms with Crippen molar-refractivity contribution in [2.45, 2.75) is 96.8 Å². The number of nitrogens with one attached hydrogen (secondary N) is 1. The van der Waals surface area contributed by atoms with Gasteiger partial charge in [0.15, 0.2) is 5.78 Å². The van der Waals surface area contributed by atoms with E-state index < -0.39 is 0 Å². The Hall–Kier alpha value is -2.36. The average Bonchev–Trinajstić information content (AvgIpc) is 3.17. The highest BCUT2D eigenvalue weighted by Gasteiger charge is 2.34. The summed E-state index contributed by atoms with van der Waals surface area (Å²) in [5.41, 5.74) is 5.70. The quantitative estimate of drug-likeness (QED) is 0.487. The molecule has 2 aliphatic rings. The van der Waals surface area contributed by atoms with Crippen LogP contribution in [-0.4, -0.2) is 23.3 Å². The summed E-state index contributed by atoms with van der Waals surface area (Å²) < 4.78 is 5.35. The lowest BCUT2D eigenvalue weighted by atomic mass is 9.79. The number of rotatable bonds is 6. The second kappa shape index (κ2) is 9.87. The lowest BCUT2D eigenvalue weighted by Gasteiger charge is -2.25. The highest BCUT2D eigenvalue weighted by atomic mass is 16.5. The maximum atomic E-state index is 13.4. The number of ketones is 1. The van der Waals surface area contributed by atoms with Crippen molar-refractivity contribution in [3.63, 3.8) is 0 Å². The van der Waals surface area contributed by atoms with E-state index in [4.69, 9.17) is 4.74 Å². The normalized spacial score (nSPS) is 19.4. The minimum atomic E-state index is -0.329. The zero-order chi connectivity index (χ0) is 23.6. The Kier molecular flexibility index (Phi) is 7.11. The van der Waals surface area contributed by atoms with Gasteiger partial charge in [0.1, 0.15) is 5.69 Å². The summed E-state index contributed by atoms with van der Waals surface area (Å²) in [5, 5.41) is 0. The number of hydrogen-bond acceptors (Lipinski definition) is 3. The first-order valence-corrected chi connectivity index (χ1v) is 12.8. The third-order valence-corrected chi connectivity index (χ3v) is 7.60. The molecule has 33 heavy (non-hydrogen) atoms. The number of carbonyl (C=O) groups excluding carboxylic acids is 2. The van der Waals surface area contributed by atoms with Crippen LogP contribution in [0, 0.1) is 5.92 Å². The maximum absolute atomic E-state index is 13.4. The number of esters is 1. The molecule has 0 saturated heterocycles. The zero-order valence-electron chi connectivity index (χ0n) is 20.8. The molecule has 178 valence electrons. The number of aromatic amines is 1. The summed E-state index contributed by atoms with van der Waals surface area (Å²) in [6.45, 7) is 8.79. The molecule has 1 heterocycles. The Bertz CT molecular complexity index is 987. The van der Waals surface area contributed by atoms with Crippen LogP contribution >= 0.6 is 0 Å². The van der Waals surface area contributed by atoms with Crippen molar-refractivity contribution in [1.29, 1.82) is 0 Å². The number of aromatic nitrogens is 1. The molecule has 4 nitrogen and oxygen atoms in total. The molecule has 1 aromatic heterocycles. The molecule has 0 aliphatic heterocycles. The molecule has 1 saturated carbocycles. The summed E-state index contributed by atoms with van der Waals surface area (Å²) in [5.74, 6) is 0.669. The Morgan fingerprint density at radius 3 is 2.39 bits per heavy atom. The summed E-state index contributed by atoms with van der Waals surface area (Å²) >= 11 is 0. The second-order valence-electron chi connectivity index (χ2n) is 11.0. The van der Waals surface area contributed by atoms with Crippen LogP contribution in [0.15, 0.2) is 24.3 Å². The SMILES string of the molecule is CCOC(=O)c1[nH]c2c(c1CCC1CCCCC1)C(=O)CC(c1ccc(C(C)(C)C)cc1)C2. The van der Waals surface area contributed by atoms with Crippen molar-refractivity contribution in [1.82, 2.24) is 4.98 Å². The maximum Gasteiger partial charge on any atom is 0.355 e. The fraction of sp³-hybridized carbons (Fsp3) is 0.586. The lowest BCUT2D eigenvalue weighted by molar-refractivity contribution is 0.0518. The van der Waals surface area contributed by atoms with Crippen LogP contribution in [0.5, 0.6) is 0 Å². The van der Waals surface area contributed by atoms with E-state index in [1.165, 1.54) is 43.2 Å². The largest absolute Gasteiger partial charge is 0.461 e. The number of hydrogen-bond donors (Lipinski definition) is 1. The van der Waals surface area contributed by atoms with Gasteiger partial charge in [-0.15, -0.1) is 0 Å². The molecule has 4 rings (SSSR count). The Balaban J connectivity index is 1.60. The number of ether oxygens (including phenoxy) is 1. The first-order valence-electron chi connectivity index (χ1n) is 12.8. The van der Waals surface area contributed by atoms with Crippen molar-refractivity contribution >= 4 is 11.8 Å². The van der Waals surface area contributed by atoms with Gasteiger partial charge in [-0.3, -0.25) is 4.79 Å². The number of carbonyl (C=O) groups is 2. The van der Waals surface area contributed by atoms with Crippen molar-refractivity contribution < 1.29 is 14.3 Å². The van der Waals surface area contributed by atoms with Crippen LogP contribution in [-0.2, 0) is 23.0 Å². The second-order valence-corrected chi connectivity index (χ2v) is 11.0. The van der Waals surface area contributed by atoms with Gasteiger partial charge in [-0.05, 0) is 60.1 Å². The van der Waals surface area contributed by atoms with Crippen LogP contribution in [0.2, 0.25) is 0 Å². The van der Waals surface area contributed by atoms with Crippen molar-refractivity contribution in [3.05, 3.63) is 57.9 Å². The summed E-state index contributed by atoms with van der Waals surface area (Å²) in [6.07, 6.45) is 9.54. The van der Waals surface area contributed by atoms with Gasteiger partial charge < -0.3 is 9.72 Å². The summed E-state index contributed by atoms with van der Waals surface area (Å²) in [7, 11) is 0. The number of fused-ring (bicyclic) bond motifs is 1. The molecule has 2 aliphatic carbocycles. The molecule has 1 aromatic carbocycles. The first kappa shape index (κ1) is 23.8. The zero-order valence-corrected chi connectivity index (χ0v) is 20.8. The molecule has 1 atom stereocenters. The van der Waals surface area contributed by atoms with Gasteiger partial charge in [0.25, 0.3) is 0 Å². The minimum Gasteiger partial charge on any atom is -0.461 e. The van der Waals surface area contributed by atoms with Crippen LogP contribution < -0.4 is 0 Å². The number of benzene rings is 1. The number of Topliss-reactive ketones (excluding diaryl/α,β-unsaturated/α-hetero) is 1. The van der Waals surface area contributed by atoms with Gasteiger partial charge in [0, 0.05) is 17.7 Å². The average molecular weight is 450 g/mol. The third-order valence-electron chi connectivity index (χ3n) is 7.60. The van der Waals surface area contributed by atoms with Crippen LogP contribution in [0.1, 0.15) is 122 Å². The monoisotopic (exact) mass is 449 g/mol. The minimum absolute atomic E-state index is 0.106. The fourth-order valence-electron chi connectivity index (χ4n) is 5.67. The van der Waals surface area contributed by atoms with E-state index in [9.17, 15) is 9.59 Å². The van der Waals surface area contributed by atoms with E-state index in [1.807, 2.05) is 6.92 Å². The molecular formula is C29H39NO3. The Morgan fingerprint density at radius 2 is 1.76 bits per heavy atom. The topological polar surface area (TPSA) is 59.2 Å². The van der Waals surface area contributed by atoms with Gasteiger partial charge in [0.05, 0.1) is 6.61 Å². The summed E-state index contributed by atoms with van der Waals surface area (Å²) in [4.78, 5) is 29.5. The van der Waals surface area contributed by atoms with Crippen molar-refractivity contribution in [2.75, 3.05) is 6.61 Å². The van der Waals surface area contributed by atoms with Crippen molar-refractivity contribution in [3.8, 4) is 0 Å². The summed E-state index contributed by atoms with van der Waals surface area (Å²) in [6, 6.07) is 8.71. The van der Waals surface area contributed by atoms with Gasteiger partial charge in [0.2, 0.25) is 0 Å². The molecule has 0 amide bonds. The van der Waals surface area contributed by atoms with Crippen LogP contribution in [0.25, 0.3) is 0 Å². The van der Waals surface area contributed by atoms with Gasteiger partial charge in [-0.25, -0.2) is 4.79 Å². The first-order chi connectivity index (χ1) is 15.8. The Morgan fingerprint density at radius 1 is 1.06 bits per heavy atom. The van der Waals surface area contributed by atoms with E-state index in [0.717, 1.165) is 36.1 Å². The predicted molar refractivity (Wildman–Crippen MR) is 132 cm³/mol. The van der Waals surface area contributed by atoms with Crippen LogP contribution in [0.3, 0.4) is 0 Å². The molecular weight excluding hydrogens is 410 g/mol. The molecule has 4 heteroatoms. The standard InChI is InChI=1S/C29H39NO3/c1-5-33-28(32)27-23(16-11-19-9-7-6-8-10-19)26-24(30-27)17-21(18-25(26)31)20-12-14-22(15-13-20)29(2,3)4/h12-15,19,21,30H,5-11,16-18H2,1-4H3. The molecule has 0 radical (unpaired) electrons. The smallest absolute Gasteiger partial charge is 0.355 e. The highest BCUT2D eigenvalue weighted by molar-refractivity contribution is 6.03. The van der Waals surface area contributed by atoms with E-state index in [0.29, 0.717) is 24.6 Å². The molecule has 1 unspecified atom stereocenters. The van der Waals surface area contributed by atoms with E-state index in [2.05, 4.69) is 50.0 Å². The molecule has 0 spiro atoms. The van der Waals surface area contributed by atoms with E-state index in [1.54, 1.807) is 0 Å². The van der Waals surface area contributed by atoms with Gasteiger partial charge in [-0.1, -0.05) is 77.1 Å².